The molecule has 2 rings (SSSR count). The molecule has 1 saturated carbocycles. The Labute approximate surface area is 99.5 Å². The highest BCUT2D eigenvalue weighted by Gasteiger charge is 2.50. The number of hydrogen-bond donors (Lipinski definition) is 1. The van der Waals surface area contributed by atoms with Gasteiger partial charge in [0.05, 0.1) is 25.8 Å². The number of nitrogens with zero attached hydrogens (tertiary/aromatic N) is 2. The molecule has 0 radical (unpaired) electrons. The number of hydrogen-bond acceptors (Lipinski definition) is 4. The minimum absolute atomic E-state index is 0.0255. The summed E-state index contributed by atoms with van der Waals surface area (Å²) in [5, 5.41) is 11.4. The molecule has 0 aromatic heterocycles. The molecular formula is C11H15N3O3. The topological polar surface area (TPSA) is 82.4 Å². The fraction of sp³-hybridized carbons (Fsp3) is 0.727. The zero-order chi connectivity index (χ0) is 12.3. The van der Waals surface area contributed by atoms with E-state index in [-0.39, 0.29) is 18.4 Å². The Morgan fingerprint density at radius 3 is 2.53 bits per heavy atom. The molecule has 1 saturated heterocycles. The molecule has 0 aromatic carbocycles. The summed E-state index contributed by atoms with van der Waals surface area (Å²) in [5.74, 6) is -0.433. The van der Waals surface area contributed by atoms with Gasteiger partial charge in [-0.15, -0.1) is 0 Å². The van der Waals surface area contributed by atoms with Crippen LogP contribution in [0.5, 0.6) is 0 Å². The lowest BCUT2D eigenvalue weighted by Gasteiger charge is -2.27. The maximum atomic E-state index is 11.7. The van der Waals surface area contributed by atoms with Gasteiger partial charge in [0.1, 0.15) is 5.41 Å². The first-order valence-electron chi connectivity index (χ1n) is 5.73. The SMILES string of the molecule is N#CC1(C(=O)NCC(=O)N2CCOCC2)CC1. The Morgan fingerprint density at radius 2 is 2.00 bits per heavy atom. The molecule has 1 aliphatic carbocycles. The molecule has 0 atom stereocenters. The van der Waals surface area contributed by atoms with Crippen LogP contribution in [0.15, 0.2) is 0 Å². The van der Waals surface area contributed by atoms with Crippen molar-refractivity contribution in [3.05, 3.63) is 0 Å². The predicted molar refractivity (Wildman–Crippen MR) is 57.7 cm³/mol. The second-order valence-corrected chi connectivity index (χ2v) is 4.37. The average Bonchev–Trinajstić information content (AvgIpc) is 3.17. The number of morpholine rings is 1. The van der Waals surface area contributed by atoms with Gasteiger partial charge in [0.15, 0.2) is 0 Å². The van der Waals surface area contributed by atoms with Gasteiger partial charge in [-0.3, -0.25) is 9.59 Å². The third-order valence-corrected chi connectivity index (χ3v) is 3.16. The van der Waals surface area contributed by atoms with E-state index in [2.05, 4.69) is 5.32 Å². The summed E-state index contributed by atoms with van der Waals surface area (Å²) >= 11 is 0. The molecule has 6 heteroatoms. The van der Waals surface area contributed by atoms with Gasteiger partial charge in [-0.1, -0.05) is 0 Å². The van der Waals surface area contributed by atoms with E-state index in [9.17, 15) is 9.59 Å². The van der Waals surface area contributed by atoms with Crippen molar-refractivity contribution < 1.29 is 14.3 Å². The molecule has 2 amide bonds. The molecule has 92 valence electrons. The highest BCUT2D eigenvalue weighted by atomic mass is 16.5. The number of amides is 2. The van der Waals surface area contributed by atoms with Crippen LogP contribution in [-0.4, -0.2) is 49.6 Å². The molecule has 1 aliphatic heterocycles. The van der Waals surface area contributed by atoms with Gasteiger partial charge >= 0.3 is 0 Å². The normalized spacial score (nSPS) is 21.5. The van der Waals surface area contributed by atoms with Crippen molar-refractivity contribution in [1.82, 2.24) is 10.2 Å². The number of nitriles is 1. The largest absolute Gasteiger partial charge is 0.378 e. The highest BCUT2D eigenvalue weighted by Crippen LogP contribution is 2.44. The lowest BCUT2D eigenvalue weighted by molar-refractivity contribution is -0.136. The van der Waals surface area contributed by atoms with Gasteiger partial charge in [-0.05, 0) is 12.8 Å². The Morgan fingerprint density at radius 1 is 1.35 bits per heavy atom. The first-order valence-corrected chi connectivity index (χ1v) is 5.73. The number of nitrogens with one attached hydrogen (secondary N) is 1. The average molecular weight is 237 g/mol. The molecule has 2 aliphatic rings. The van der Waals surface area contributed by atoms with Gasteiger partial charge in [-0.25, -0.2) is 0 Å². The van der Waals surface area contributed by atoms with E-state index in [1.54, 1.807) is 4.90 Å². The lowest BCUT2D eigenvalue weighted by atomic mass is 10.1. The molecule has 17 heavy (non-hydrogen) atoms. The van der Waals surface area contributed by atoms with E-state index < -0.39 is 5.41 Å². The summed E-state index contributed by atoms with van der Waals surface area (Å²) in [6.45, 7) is 2.20. The monoisotopic (exact) mass is 237 g/mol. The maximum absolute atomic E-state index is 11.7. The van der Waals surface area contributed by atoms with Gasteiger partial charge in [0, 0.05) is 13.1 Å². The maximum Gasteiger partial charge on any atom is 0.242 e. The summed E-state index contributed by atoms with van der Waals surface area (Å²) < 4.78 is 5.13. The molecule has 6 nitrogen and oxygen atoms in total. The van der Waals surface area contributed by atoms with E-state index in [0.29, 0.717) is 39.1 Å². The van der Waals surface area contributed by atoms with Crippen LogP contribution < -0.4 is 5.32 Å². The van der Waals surface area contributed by atoms with E-state index in [4.69, 9.17) is 10.00 Å². The third-order valence-electron chi connectivity index (χ3n) is 3.16. The smallest absolute Gasteiger partial charge is 0.242 e. The van der Waals surface area contributed by atoms with Crippen molar-refractivity contribution in [1.29, 1.82) is 5.26 Å². The van der Waals surface area contributed by atoms with Gasteiger partial charge in [0.25, 0.3) is 0 Å². The van der Waals surface area contributed by atoms with E-state index in [1.807, 2.05) is 6.07 Å². The van der Waals surface area contributed by atoms with Crippen LogP contribution in [0.4, 0.5) is 0 Å². The minimum atomic E-state index is -0.856. The van der Waals surface area contributed by atoms with Crippen LogP contribution in [0.25, 0.3) is 0 Å². The van der Waals surface area contributed by atoms with Crippen molar-refractivity contribution in [2.24, 2.45) is 5.41 Å². The molecule has 0 aromatic rings. The Balaban J connectivity index is 1.76. The Hall–Kier alpha value is -1.61. The van der Waals surface area contributed by atoms with Crippen molar-refractivity contribution in [2.45, 2.75) is 12.8 Å². The molecule has 0 unspecified atom stereocenters. The molecule has 1 heterocycles. The second kappa shape index (κ2) is 4.72. The van der Waals surface area contributed by atoms with Crippen molar-refractivity contribution in [3.8, 4) is 6.07 Å². The van der Waals surface area contributed by atoms with Crippen LogP contribution in [0, 0.1) is 16.7 Å². The summed E-state index contributed by atoms with van der Waals surface area (Å²) in [5.41, 5.74) is -0.856. The summed E-state index contributed by atoms with van der Waals surface area (Å²) in [4.78, 5) is 25.0. The quantitative estimate of drug-likeness (QED) is 0.701. The summed E-state index contributed by atoms with van der Waals surface area (Å²) in [6, 6.07) is 2.00. The summed E-state index contributed by atoms with van der Waals surface area (Å²) in [6.07, 6.45) is 1.20. The number of rotatable bonds is 3. The van der Waals surface area contributed by atoms with Crippen LogP contribution in [0.3, 0.4) is 0 Å². The van der Waals surface area contributed by atoms with E-state index in [1.165, 1.54) is 0 Å². The fourth-order valence-electron chi connectivity index (χ4n) is 1.76. The van der Waals surface area contributed by atoms with Crippen molar-refractivity contribution in [2.75, 3.05) is 32.8 Å². The van der Waals surface area contributed by atoms with Gasteiger partial charge in [0.2, 0.25) is 11.8 Å². The minimum Gasteiger partial charge on any atom is -0.378 e. The highest BCUT2D eigenvalue weighted by molar-refractivity contribution is 5.91. The lowest BCUT2D eigenvalue weighted by Crippen LogP contribution is -2.46. The van der Waals surface area contributed by atoms with Crippen LogP contribution in [0.1, 0.15) is 12.8 Å². The number of ether oxygens (including phenoxy) is 1. The zero-order valence-corrected chi connectivity index (χ0v) is 9.57. The third kappa shape index (κ3) is 2.56. The first-order chi connectivity index (χ1) is 8.18. The number of carbonyl (C=O) groups excluding carboxylic acids is 2. The molecule has 2 fully saturated rings. The zero-order valence-electron chi connectivity index (χ0n) is 9.57. The second-order valence-electron chi connectivity index (χ2n) is 4.37. The fourth-order valence-corrected chi connectivity index (χ4v) is 1.76. The Kier molecular flexibility index (Phi) is 3.29. The van der Waals surface area contributed by atoms with Crippen LogP contribution in [-0.2, 0) is 14.3 Å². The first kappa shape index (κ1) is 11.9. The van der Waals surface area contributed by atoms with Crippen LogP contribution >= 0.6 is 0 Å². The van der Waals surface area contributed by atoms with Gasteiger partial charge < -0.3 is 15.0 Å². The molecule has 0 spiro atoms. The van der Waals surface area contributed by atoms with E-state index >= 15 is 0 Å². The summed E-state index contributed by atoms with van der Waals surface area (Å²) in [7, 11) is 0. The van der Waals surface area contributed by atoms with Crippen molar-refractivity contribution >= 4 is 11.8 Å². The van der Waals surface area contributed by atoms with Crippen molar-refractivity contribution in [3.63, 3.8) is 0 Å². The van der Waals surface area contributed by atoms with Crippen LogP contribution in [0.2, 0.25) is 0 Å². The molecule has 1 N–H and O–H groups in total. The number of carbonyl (C=O) groups is 2. The van der Waals surface area contributed by atoms with Gasteiger partial charge in [-0.2, -0.15) is 5.26 Å². The molecule has 0 bridgehead atoms. The standard InChI is InChI=1S/C11H15N3O3/c12-8-11(1-2-11)10(16)13-7-9(15)14-3-5-17-6-4-14/h1-7H2,(H,13,16). The Bertz CT molecular complexity index is 365. The molecular weight excluding hydrogens is 222 g/mol. The van der Waals surface area contributed by atoms with E-state index in [0.717, 1.165) is 0 Å². The predicted octanol–water partition coefficient (Wildman–Crippen LogP) is -0.735.